The molecule has 1 heterocycles. The Morgan fingerprint density at radius 3 is 2.58 bits per heavy atom. The van der Waals surface area contributed by atoms with Crippen molar-refractivity contribution in [2.24, 2.45) is 0 Å². The summed E-state index contributed by atoms with van der Waals surface area (Å²) in [4.78, 5) is 33.3. The normalized spacial score (nSPS) is 11.1. The maximum absolute atomic E-state index is 12.5. The van der Waals surface area contributed by atoms with Gasteiger partial charge in [-0.2, -0.15) is 9.59 Å². The highest BCUT2D eigenvalue weighted by Crippen LogP contribution is 2.30. The summed E-state index contributed by atoms with van der Waals surface area (Å²) in [7, 11) is 0. The molecular weight excluding hydrogens is 398 g/mol. The first kappa shape index (κ1) is 23.4. The molecule has 8 heteroatoms. The Kier molecular flexibility index (Phi) is 8.11. The van der Waals surface area contributed by atoms with Crippen LogP contribution in [0.4, 0.5) is 5.69 Å². The van der Waals surface area contributed by atoms with E-state index in [4.69, 9.17) is 20.1 Å². The third kappa shape index (κ3) is 6.29. The van der Waals surface area contributed by atoms with Crippen molar-refractivity contribution in [2.75, 3.05) is 12.3 Å². The molecule has 31 heavy (non-hydrogen) atoms. The zero-order valence-corrected chi connectivity index (χ0v) is 17.6. The number of phenolic OH excluding ortho intramolecular Hbond substituents is 1. The number of nitrogen functional groups attached to an aromatic ring is 1. The highest BCUT2D eigenvalue weighted by atomic mass is 16.5. The smallest absolute Gasteiger partial charge is 0.373 e. The number of benzene rings is 2. The molecule has 2 aromatic carbocycles. The van der Waals surface area contributed by atoms with Crippen LogP contribution in [-0.4, -0.2) is 34.8 Å². The Balaban J connectivity index is 0.00000107. The molecule has 0 aliphatic carbocycles. The fraction of sp³-hybridized carbons (Fsp3) is 0.261. The van der Waals surface area contributed by atoms with Gasteiger partial charge in [-0.15, -0.1) is 0 Å². The number of hydrogen-bond donors (Lipinski definition) is 3. The first-order valence-electron chi connectivity index (χ1n) is 9.68. The van der Waals surface area contributed by atoms with Crippen molar-refractivity contribution >= 4 is 28.6 Å². The average Bonchev–Trinajstić information content (AvgIpc) is 2.70. The molecule has 4 N–H and O–H groups in total. The molecule has 8 nitrogen and oxygen atoms in total. The van der Waals surface area contributed by atoms with Crippen molar-refractivity contribution < 1.29 is 24.2 Å². The van der Waals surface area contributed by atoms with Gasteiger partial charge in [-0.05, 0) is 62.2 Å². The number of nitrogens with zero attached hydrogens (tertiary/aromatic N) is 1. The summed E-state index contributed by atoms with van der Waals surface area (Å²) in [6.07, 6.45) is 0.946. The fourth-order valence-electron chi connectivity index (χ4n) is 3.16. The summed E-state index contributed by atoms with van der Waals surface area (Å²) in [6, 6.07) is 12.1. The zero-order chi connectivity index (χ0) is 23.0. The number of aromatic nitrogens is 1. The van der Waals surface area contributed by atoms with E-state index in [0.717, 1.165) is 22.2 Å². The number of hydrogen-bond acceptors (Lipinski definition) is 7. The third-order valence-corrected chi connectivity index (χ3v) is 4.55. The fourth-order valence-corrected chi connectivity index (χ4v) is 3.16. The van der Waals surface area contributed by atoms with Crippen LogP contribution in [0.5, 0.6) is 11.5 Å². The standard InChI is InChI=1S/C22H25N3O3.CO2/c1-4-16(25-22(27)15-8-13(2)9-17(26)11-15)12-28-20-7-5-6-19-21(20)18(23)10-14(3)24-19;2-1-3/h5-11,16,26H,4,12H2,1-3H3,(H2,23,24)(H,25,27);. The van der Waals surface area contributed by atoms with Gasteiger partial charge in [-0.1, -0.05) is 13.0 Å². The molecule has 3 aromatic rings. The van der Waals surface area contributed by atoms with Crippen molar-refractivity contribution in [1.29, 1.82) is 0 Å². The van der Waals surface area contributed by atoms with Gasteiger partial charge in [0.15, 0.2) is 0 Å². The van der Waals surface area contributed by atoms with Crippen LogP contribution in [-0.2, 0) is 9.59 Å². The first-order chi connectivity index (χ1) is 14.8. The molecule has 1 aromatic heterocycles. The average molecular weight is 423 g/mol. The van der Waals surface area contributed by atoms with E-state index in [0.29, 0.717) is 30.0 Å². The first-order valence-corrected chi connectivity index (χ1v) is 9.68. The number of carbonyl (C=O) groups is 1. The minimum atomic E-state index is -0.246. The lowest BCUT2D eigenvalue weighted by Gasteiger charge is -2.19. The van der Waals surface area contributed by atoms with Gasteiger partial charge >= 0.3 is 6.15 Å². The second kappa shape index (κ2) is 10.8. The highest BCUT2D eigenvalue weighted by Gasteiger charge is 2.15. The summed E-state index contributed by atoms with van der Waals surface area (Å²) >= 11 is 0. The second-order valence-electron chi connectivity index (χ2n) is 7.03. The Bertz CT molecular complexity index is 1090. The van der Waals surface area contributed by atoms with Crippen LogP contribution in [0.3, 0.4) is 0 Å². The topological polar surface area (TPSA) is 132 Å². The third-order valence-electron chi connectivity index (χ3n) is 4.55. The number of carbonyl (C=O) groups excluding carboxylic acids is 3. The van der Waals surface area contributed by atoms with Gasteiger partial charge in [0.25, 0.3) is 5.91 Å². The Morgan fingerprint density at radius 1 is 1.23 bits per heavy atom. The van der Waals surface area contributed by atoms with E-state index in [1.54, 1.807) is 12.1 Å². The Hall–Kier alpha value is -3.90. The molecule has 0 aliphatic heterocycles. The lowest BCUT2D eigenvalue weighted by molar-refractivity contribution is -0.191. The number of pyridine rings is 1. The second-order valence-corrected chi connectivity index (χ2v) is 7.03. The van der Waals surface area contributed by atoms with Crippen LogP contribution < -0.4 is 15.8 Å². The van der Waals surface area contributed by atoms with Gasteiger partial charge in [-0.25, -0.2) is 0 Å². The highest BCUT2D eigenvalue weighted by molar-refractivity contribution is 5.96. The maximum Gasteiger partial charge on any atom is 0.373 e. The van der Waals surface area contributed by atoms with Crippen LogP contribution in [0.15, 0.2) is 42.5 Å². The van der Waals surface area contributed by atoms with E-state index in [9.17, 15) is 9.90 Å². The van der Waals surface area contributed by atoms with Gasteiger partial charge in [0.2, 0.25) is 0 Å². The molecule has 0 radical (unpaired) electrons. The SMILES string of the molecule is CCC(COc1cccc2nc(C)cc(N)c12)NC(=O)c1cc(C)cc(O)c1.O=C=O. The largest absolute Gasteiger partial charge is 0.508 e. The zero-order valence-electron chi connectivity index (χ0n) is 17.6. The number of ether oxygens (including phenoxy) is 1. The number of anilines is 1. The van der Waals surface area contributed by atoms with E-state index in [1.165, 1.54) is 6.07 Å². The molecule has 1 unspecified atom stereocenters. The van der Waals surface area contributed by atoms with Gasteiger partial charge in [0, 0.05) is 16.9 Å². The van der Waals surface area contributed by atoms with Crippen molar-refractivity contribution in [2.45, 2.75) is 33.2 Å². The molecular formula is C23H25N3O5. The molecule has 0 spiro atoms. The number of aryl methyl sites for hydroxylation is 2. The maximum atomic E-state index is 12.5. The monoisotopic (exact) mass is 423 g/mol. The van der Waals surface area contributed by atoms with Crippen molar-refractivity contribution in [3.05, 3.63) is 59.3 Å². The van der Waals surface area contributed by atoms with Crippen LogP contribution in [0.1, 0.15) is 35.0 Å². The number of fused-ring (bicyclic) bond motifs is 1. The summed E-state index contributed by atoms with van der Waals surface area (Å²) in [5.41, 5.74) is 9.66. The van der Waals surface area contributed by atoms with E-state index in [2.05, 4.69) is 10.3 Å². The predicted octanol–water partition coefficient (Wildman–Crippen LogP) is 3.14. The molecule has 0 bridgehead atoms. The summed E-state index contributed by atoms with van der Waals surface area (Å²) in [5, 5.41) is 13.4. The number of aromatic hydroxyl groups is 1. The number of rotatable bonds is 6. The Labute approximate surface area is 180 Å². The summed E-state index contributed by atoms with van der Waals surface area (Å²) in [5.74, 6) is 0.469. The number of phenols is 1. The van der Waals surface area contributed by atoms with Gasteiger partial charge in [0.1, 0.15) is 18.1 Å². The molecule has 3 rings (SSSR count). The molecule has 0 aliphatic rings. The van der Waals surface area contributed by atoms with Gasteiger partial charge in [0.05, 0.1) is 16.9 Å². The van der Waals surface area contributed by atoms with E-state index < -0.39 is 0 Å². The van der Waals surface area contributed by atoms with E-state index in [1.807, 2.05) is 45.0 Å². The number of amides is 1. The summed E-state index contributed by atoms with van der Waals surface area (Å²) in [6.45, 7) is 6.00. The Morgan fingerprint density at radius 2 is 1.94 bits per heavy atom. The van der Waals surface area contributed by atoms with Crippen LogP contribution in [0.25, 0.3) is 10.9 Å². The molecule has 0 saturated carbocycles. The minimum Gasteiger partial charge on any atom is -0.508 e. The lowest BCUT2D eigenvalue weighted by Crippen LogP contribution is -2.38. The number of nitrogens with one attached hydrogen (secondary N) is 1. The number of nitrogens with two attached hydrogens (primary N) is 1. The summed E-state index contributed by atoms with van der Waals surface area (Å²) < 4.78 is 5.99. The van der Waals surface area contributed by atoms with Crippen molar-refractivity contribution in [3.8, 4) is 11.5 Å². The van der Waals surface area contributed by atoms with Crippen LogP contribution >= 0.6 is 0 Å². The lowest BCUT2D eigenvalue weighted by atomic mass is 10.1. The molecule has 1 atom stereocenters. The molecule has 0 saturated heterocycles. The minimum absolute atomic E-state index is 0.0727. The van der Waals surface area contributed by atoms with Crippen LogP contribution in [0, 0.1) is 13.8 Å². The molecule has 162 valence electrons. The van der Waals surface area contributed by atoms with Gasteiger partial charge in [-0.3, -0.25) is 9.78 Å². The quantitative estimate of drug-likeness (QED) is 0.555. The molecule has 0 fully saturated rings. The van der Waals surface area contributed by atoms with E-state index >= 15 is 0 Å². The van der Waals surface area contributed by atoms with Crippen LogP contribution in [0.2, 0.25) is 0 Å². The predicted molar refractivity (Wildman–Crippen MR) is 116 cm³/mol. The molecule has 1 amide bonds. The van der Waals surface area contributed by atoms with Crippen molar-refractivity contribution in [1.82, 2.24) is 10.3 Å². The van der Waals surface area contributed by atoms with E-state index in [-0.39, 0.29) is 23.9 Å². The van der Waals surface area contributed by atoms with Crippen molar-refractivity contribution in [3.63, 3.8) is 0 Å². The van der Waals surface area contributed by atoms with Gasteiger partial charge < -0.3 is 20.9 Å².